The van der Waals surface area contributed by atoms with Crippen LogP contribution in [0, 0.1) is 0 Å². The molecule has 0 aromatic carbocycles. The summed E-state index contributed by atoms with van der Waals surface area (Å²) >= 11 is 0. The minimum absolute atomic E-state index is 0. The molecule has 8 heteroatoms. The Morgan fingerprint density at radius 1 is 0.292 bits per heavy atom. The molecule has 0 aliphatic heterocycles. The molecule has 4 nitrogen and oxygen atoms in total. The van der Waals surface area contributed by atoms with Crippen molar-refractivity contribution < 1.29 is 86.9 Å². The molecular formula is C16H40N4Ti4-4. The summed E-state index contributed by atoms with van der Waals surface area (Å²) in [7, 11) is 0. The maximum absolute atomic E-state index is 3.97. The minimum Gasteiger partial charge on any atom is -0.663 e. The molecule has 144 valence electrons. The summed E-state index contributed by atoms with van der Waals surface area (Å²) in [5, 5.41) is 15.9. The van der Waals surface area contributed by atoms with Crippen LogP contribution in [0.15, 0.2) is 0 Å². The third kappa shape index (κ3) is 121. The van der Waals surface area contributed by atoms with Gasteiger partial charge in [-0.25, -0.2) is 0 Å². The third-order valence-corrected chi connectivity index (χ3v) is 1.79. The molecule has 0 fully saturated rings. The monoisotopic (exact) mass is 480 g/mol. The summed E-state index contributed by atoms with van der Waals surface area (Å²) in [5.41, 5.74) is 0. The van der Waals surface area contributed by atoms with E-state index in [0.717, 1.165) is 52.4 Å². The van der Waals surface area contributed by atoms with E-state index in [9.17, 15) is 0 Å². The van der Waals surface area contributed by atoms with E-state index in [1.807, 2.05) is 55.4 Å². The standard InChI is InChI=1S/4C4H10N.4Ti/c4*1-3-5-4-2;;;;/h4*3-4H2,1-2H3;;;;/q4*-1;;;;. The molecule has 0 atom stereocenters. The van der Waals surface area contributed by atoms with Crippen molar-refractivity contribution in [3.8, 4) is 0 Å². The topological polar surface area (TPSA) is 56.4 Å². The number of hydrogen-bond donors (Lipinski definition) is 0. The number of hydrogen-bond acceptors (Lipinski definition) is 0. The van der Waals surface area contributed by atoms with Crippen LogP contribution in [0.3, 0.4) is 0 Å². The molecule has 0 heterocycles. The van der Waals surface area contributed by atoms with Gasteiger partial charge in [-0.1, -0.05) is 55.4 Å². The van der Waals surface area contributed by atoms with Crippen LogP contribution in [0.2, 0.25) is 0 Å². The van der Waals surface area contributed by atoms with Crippen LogP contribution in [0.1, 0.15) is 55.4 Å². The Bertz CT molecular complexity index is 84.1. The maximum atomic E-state index is 3.97. The summed E-state index contributed by atoms with van der Waals surface area (Å²) in [6.07, 6.45) is 0. The fraction of sp³-hybridized carbons (Fsp3) is 1.00. The molecule has 0 aliphatic rings. The molecule has 0 aromatic heterocycles. The molecule has 0 amide bonds. The normalized spacial score (nSPS) is 7.00. The van der Waals surface area contributed by atoms with E-state index in [4.69, 9.17) is 0 Å². The molecule has 0 saturated carbocycles. The third-order valence-electron chi connectivity index (χ3n) is 1.79. The minimum atomic E-state index is 0. The van der Waals surface area contributed by atoms with Crippen molar-refractivity contribution in [3.05, 3.63) is 21.3 Å². The summed E-state index contributed by atoms with van der Waals surface area (Å²) < 4.78 is 0. The summed E-state index contributed by atoms with van der Waals surface area (Å²) in [6, 6.07) is 0. The van der Waals surface area contributed by atoms with Crippen LogP contribution in [-0.4, -0.2) is 52.4 Å². The Morgan fingerprint density at radius 2 is 0.375 bits per heavy atom. The van der Waals surface area contributed by atoms with E-state index in [1.54, 1.807) is 0 Å². The van der Waals surface area contributed by atoms with E-state index in [-0.39, 0.29) is 86.9 Å². The molecule has 0 bridgehead atoms. The zero-order chi connectivity index (χ0) is 16.5. The van der Waals surface area contributed by atoms with Gasteiger partial charge in [0.1, 0.15) is 0 Å². The van der Waals surface area contributed by atoms with Gasteiger partial charge < -0.3 is 21.3 Å². The average Bonchev–Trinajstić information content (AvgIpc) is 2.44. The number of rotatable bonds is 8. The van der Waals surface area contributed by atoms with Crippen molar-refractivity contribution >= 4 is 0 Å². The van der Waals surface area contributed by atoms with Crippen LogP contribution < -0.4 is 0 Å². The first-order chi connectivity index (χ1) is 9.66. The second kappa shape index (κ2) is 72.6. The molecule has 0 rings (SSSR count). The Kier molecular flexibility index (Phi) is 152. The van der Waals surface area contributed by atoms with E-state index in [0.29, 0.717) is 0 Å². The Morgan fingerprint density at radius 3 is 0.375 bits per heavy atom. The van der Waals surface area contributed by atoms with Gasteiger partial charge in [-0.3, -0.25) is 0 Å². The first kappa shape index (κ1) is 50.4. The SMILES string of the molecule is CC[N-]CC.CC[N-]CC.CC[N-]CC.CC[N-]CC.[Ti].[Ti].[Ti].[Ti]. The summed E-state index contributed by atoms with van der Waals surface area (Å²) in [6.45, 7) is 24.1. The molecule has 0 N–H and O–H groups in total. The predicted octanol–water partition coefficient (Wildman–Crippen LogP) is 5.59. The van der Waals surface area contributed by atoms with Crippen molar-refractivity contribution in [2.24, 2.45) is 0 Å². The quantitative estimate of drug-likeness (QED) is 0.407. The van der Waals surface area contributed by atoms with Gasteiger partial charge in [0.25, 0.3) is 0 Å². The molecule has 0 radical (unpaired) electrons. The molecule has 0 spiro atoms. The van der Waals surface area contributed by atoms with E-state index in [2.05, 4.69) is 21.3 Å². The van der Waals surface area contributed by atoms with E-state index >= 15 is 0 Å². The van der Waals surface area contributed by atoms with Gasteiger partial charge in [0, 0.05) is 86.9 Å². The van der Waals surface area contributed by atoms with Crippen LogP contribution >= 0.6 is 0 Å². The molecule has 0 unspecified atom stereocenters. The maximum Gasteiger partial charge on any atom is 0 e. The van der Waals surface area contributed by atoms with E-state index in [1.165, 1.54) is 0 Å². The Balaban J connectivity index is -0.0000000225. The first-order valence-electron chi connectivity index (χ1n) is 8.19. The van der Waals surface area contributed by atoms with Gasteiger partial charge in [-0.05, 0) is 0 Å². The molecule has 0 aromatic rings. The van der Waals surface area contributed by atoms with Crippen molar-refractivity contribution in [1.29, 1.82) is 0 Å². The van der Waals surface area contributed by atoms with Gasteiger partial charge in [0.05, 0.1) is 0 Å². The Hall–Kier alpha value is 2.70. The van der Waals surface area contributed by atoms with Crippen molar-refractivity contribution in [3.63, 3.8) is 0 Å². The first-order valence-corrected chi connectivity index (χ1v) is 8.19. The van der Waals surface area contributed by atoms with Crippen molar-refractivity contribution in [2.75, 3.05) is 52.4 Å². The van der Waals surface area contributed by atoms with Crippen molar-refractivity contribution in [2.45, 2.75) is 55.4 Å². The molecule has 0 saturated heterocycles. The van der Waals surface area contributed by atoms with E-state index < -0.39 is 0 Å². The molecule has 24 heavy (non-hydrogen) atoms. The fourth-order valence-electron chi connectivity index (χ4n) is 0.894. The van der Waals surface area contributed by atoms with Gasteiger partial charge in [0.15, 0.2) is 0 Å². The second-order valence-electron chi connectivity index (χ2n) is 3.42. The second-order valence-corrected chi connectivity index (χ2v) is 3.42. The van der Waals surface area contributed by atoms with Crippen LogP contribution in [-0.2, 0) is 86.9 Å². The van der Waals surface area contributed by atoms with Gasteiger partial charge >= 0.3 is 0 Å². The van der Waals surface area contributed by atoms with Crippen LogP contribution in [0.4, 0.5) is 0 Å². The Labute approximate surface area is 213 Å². The average molecular weight is 480 g/mol. The fourth-order valence-corrected chi connectivity index (χ4v) is 0.894. The number of nitrogens with zero attached hydrogens (tertiary/aromatic N) is 4. The van der Waals surface area contributed by atoms with Crippen LogP contribution in [0.25, 0.3) is 21.3 Å². The predicted molar refractivity (Wildman–Crippen MR) is 97.8 cm³/mol. The smallest absolute Gasteiger partial charge is 0 e. The van der Waals surface area contributed by atoms with Gasteiger partial charge in [-0.2, -0.15) is 52.4 Å². The molecular weight excluding hydrogens is 440 g/mol. The summed E-state index contributed by atoms with van der Waals surface area (Å²) in [4.78, 5) is 0. The van der Waals surface area contributed by atoms with Crippen molar-refractivity contribution in [1.82, 2.24) is 0 Å². The van der Waals surface area contributed by atoms with Crippen LogP contribution in [0.5, 0.6) is 0 Å². The molecule has 0 aliphatic carbocycles. The van der Waals surface area contributed by atoms with Gasteiger partial charge in [0.2, 0.25) is 0 Å². The van der Waals surface area contributed by atoms with Gasteiger partial charge in [-0.15, -0.1) is 0 Å². The largest absolute Gasteiger partial charge is 0.663 e. The summed E-state index contributed by atoms with van der Waals surface area (Å²) in [5.74, 6) is 0. The zero-order valence-electron chi connectivity index (χ0n) is 17.4. The zero-order valence-corrected chi connectivity index (χ0v) is 23.7.